The third-order valence-electron chi connectivity index (χ3n) is 2.84. The first kappa shape index (κ1) is 13.2. The Morgan fingerprint density at radius 2 is 2.22 bits per heavy atom. The summed E-state index contributed by atoms with van der Waals surface area (Å²) in [6.45, 7) is 2.67. The van der Waals surface area contributed by atoms with Gasteiger partial charge >= 0.3 is 0 Å². The Kier molecular flexibility index (Phi) is 4.47. The van der Waals surface area contributed by atoms with E-state index in [0.717, 1.165) is 23.1 Å². The van der Waals surface area contributed by atoms with E-state index in [0.29, 0.717) is 12.6 Å². The SMILES string of the molecule is CC[C@H](C[C@H]1COC(N)=N1)Oc1ccc(Br)cc1. The van der Waals surface area contributed by atoms with E-state index in [1.807, 2.05) is 24.3 Å². The predicted octanol–water partition coefficient (Wildman–Crippen LogP) is 2.71. The summed E-state index contributed by atoms with van der Waals surface area (Å²) in [6.07, 6.45) is 1.89. The number of benzene rings is 1. The molecule has 98 valence electrons. The van der Waals surface area contributed by atoms with Crippen LogP contribution in [0.3, 0.4) is 0 Å². The van der Waals surface area contributed by atoms with Crippen molar-refractivity contribution in [2.45, 2.75) is 31.9 Å². The predicted molar refractivity (Wildman–Crippen MR) is 74.8 cm³/mol. The molecule has 2 N–H and O–H groups in total. The summed E-state index contributed by atoms with van der Waals surface area (Å²) < 4.78 is 12.1. The highest BCUT2D eigenvalue weighted by molar-refractivity contribution is 9.10. The van der Waals surface area contributed by atoms with Gasteiger partial charge in [0.25, 0.3) is 6.02 Å². The van der Waals surface area contributed by atoms with Gasteiger partial charge in [-0.05, 0) is 30.7 Å². The third-order valence-corrected chi connectivity index (χ3v) is 3.37. The average molecular weight is 313 g/mol. The molecule has 0 radical (unpaired) electrons. The normalized spacial score (nSPS) is 20.1. The molecule has 0 spiro atoms. The van der Waals surface area contributed by atoms with Crippen LogP contribution in [-0.4, -0.2) is 24.8 Å². The zero-order chi connectivity index (χ0) is 13.0. The molecule has 4 nitrogen and oxygen atoms in total. The molecule has 0 saturated heterocycles. The number of ether oxygens (including phenoxy) is 2. The van der Waals surface area contributed by atoms with Crippen molar-refractivity contribution >= 4 is 22.0 Å². The molecule has 0 fully saturated rings. The molecule has 0 saturated carbocycles. The maximum absolute atomic E-state index is 5.93. The summed E-state index contributed by atoms with van der Waals surface area (Å²) in [4.78, 5) is 4.22. The number of halogens is 1. The van der Waals surface area contributed by atoms with Gasteiger partial charge in [0.05, 0.1) is 6.04 Å². The summed E-state index contributed by atoms with van der Waals surface area (Å²) in [7, 11) is 0. The lowest BCUT2D eigenvalue weighted by Crippen LogP contribution is -2.22. The fourth-order valence-electron chi connectivity index (χ4n) is 1.86. The number of nitrogens with zero attached hydrogens (tertiary/aromatic N) is 1. The second-order valence-corrected chi connectivity index (χ2v) is 5.19. The van der Waals surface area contributed by atoms with Crippen LogP contribution in [0.4, 0.5) is 0 Å². The van der Waals surface area contributed by atoms with Crippen LogP contribution < -0.4 is 10.5 Å². The molecule has 1 aliphatic heterocycles. The van der Waals surface area contributed by atoms with Crippen LogP contribution in [0, 0.1) is 0 Å². The third kappa shape index (κ3) is 3.63. The molecule has 5 heteroatoms. The minimum atomic E-state index is 0.116. The van der Waals surface area contributed by atoms with Gasteiger partial charge in [0.1, 0.15) is 18.5 Å². The first-order chi connectivity index (χ1) is 8.67. The van der Waals surface area contributed by atoms with Crippen molar-refractivity contribution in [1.82, 2.24) is 0 Å². The fourth-order valence-corrected chi connectivity index (χ4v) is 2.13. The molecular formula is C13H17BrN2O2. The van der Waals surface area contributed by atoms with E-state index < -0.39 is 0 Å². The Morgan fingerprint density at radius 3 is 2.78 bits per heavy atom. The number of nitrogens with two attached hydrogens (primary N) is 1. The molecule has 2 rings (SSSR count). The van der Waals surface area contributed by atoms with E-state index in [4.69, 9.17) is 15.2 Å². The van der Waals surface area contributed by atoms with Gasteiger partial charge in [-0.1, -0.05) is 22.9 Å². The molecule has 1 heterocycles. The summed E-state index contributed by atoms with van der Waals surface area (Å²) in [5.74, 6) is 0.876. The van der Waals surface area contributed by atoms with Gasteiger partial charge in [0.15, 0.2) is 0 Å². The van der Waals surface area contributed by atoms with E-state index in [-0.39, 0.29) is 12.1 Å². The largest absolute Gasteiger partial charge is 0.490 e. The van der Waals surface area contributed by atoms with Gasteiger partial charge in [0.2, 0.25) is 0 Å². The molecule has 0 amide bonds. The molecule has 0 aromatic heterocycles. The molecule has 0 unspecified atom stereocenters. The first-order valence-corrected chi connectivity index (χ1v) is 6.85. The molecule has 0 bridgehead atoms. The van der Waals surface area contributed by atoms with Crippen LogP contribution in [0.25, 0.3) is 0 Å². The standard InChI is InChI=1S/C13H17BrN2O2/c1-2-11(7-10-8-17-13(15)16-10)18-12-5-3-9(14)4-6-12/h3-6,10-11H,2,7-8H2,1H3,(H2,15,16)/t10-,11+/m0/s1. The van der Waals surface area contributed by atoms with Crippen molar-refractivity contribution in [2.24, 2.45) is 10.7 Å². The Hall–Kier alpha value is -1.23. The van der Waals surface area contributed by atoms with Crippen LogP contribution in [-0.2, 0) is 4.74 Å². The van der Waals surface area contributed by atoms with E-state index >= 15 is 0 Å². The van der Waals surface area contributed by atoms with E-state index in [2.05, 4.69) is 27.8 Å². The Bertz CT molecular complexity index is 420. The van der Waals surface area contributed by atoms with Crippen molar-refractivity contribution in [1.29, 1.82) is 0 Å². The average Bonchev–Trinajstić information content (AvgIpc) is 2.77. The first-order valence-electron chi connectivity index (χ1n) is 6.05. The van der Waals surface area contributed by atoms with Crippen molar-refractivity contribution in [2.75, 3.05) is 6.61 Å². The lowest BCUT2D eigenvalue weighted by atomic mass is 10.1. The minimum Gasteiger partial charge on any atom is -0.490 e. The fraction of sp³-hybridized carbons (Fsp3) is 0.462. The maximum atomic E-state index is 5.93. The lowest BCUT2D eigenvalue weighted by Gasteiger charge is -2.19. The van der Waals surface area contributed by atoms with Gasteiger partial charge in [-0.25, -0.2) is 4.99 Å². The highest BCUT2D eigenvalue weighted by atomic mass is 79.9. The molecule has 18 heavy (non-hydrogen) atoms. The number of amidine groups is 1. The quantitative estimate of drug-likeness (QED) is 0.909. The summed E-state index contributed by atoms with van der Waals surface area (Å²) >= 11 is 3.40. The van der Waals surface area contributed by atoms with Crippen molar-refractivity contribution in [3.05, 3.63) is 28.7 Å². The number of hydrogen-bond donors (Lipinski definition) is 1. The van der Waals surface area contributed by atoms with E-state index in [9.17, 15) is 0 Å². The monoisotopic (exact) mass is 312 g/mol. The van der Waals surface area contributed by atoms with Gasteiger partial charge in [-0.3, -0.25) is 0 Å². The van der Waals surface area contributed by atoms with Gasteiger partial charge in [-0.15, -0.1) is 0 Å². The number of hydrogen-bond acceptors (Lipinski definition) is 4. The van der Waals surface area contributed by atoms with Gasteiger partial charge < -0.3 is 15.2 Å². The van der Waals surface area contributed by atoms with Gasteiger partial charge in [-0.2, -0.15) is 0 Å². The van der Waals surface area contributed by atoms with Crippen LogP contribution in [0.5, 0.6) is 5.75 Å². The summed E-state index contributed by atoms with van der Waals surface area (Å²) in [6, 6.07) is 8.25. The second-order valence-electron chi connectivity index (χ2n) is 4.27. The summed E-state index contributed by atoms with van der Waals surface area (Å²) in [5.41, 5.74) is 5.49. The zero-order valence-electron chi connectivity index (χ0n) is 10.3. The maximum Gasteiger partial charge on any atom is 0.282 e. The van der Waals surface area contributed by atoms with Crippen molar-refractivity contribution in [3.8, 4) is 5.75 Å². The summed E-state index contributed by atoms with van der Waals surface area (Å²) in [5, 5.41) is 0. The molecule has 1 aromatic carbocycles. The number of rotatable bonds is 5. The van der Waals surface area contributed by atoms with Crippen LogP contribution in [0.1, 0.15) is 19.8 Å². The lowest BCUT2D eigenvalue weighted by molar-refractivity contribution is 0.168. The second kappa shape index (κ2) is 6.09. The highest BCUT2D eigenvalue weighted by Crippen LogP contribution is 2.21. The van der Waals surface area contributed by atoms with Gasteiger partial charge in [0, 0.05) is 10.9 Å². The van der Waals surface area contributed by atoms with Crippen molar-refractivity contribution in [3.63, 3.8) is 0 Å². The topological polar surface area (TPSA) is 56.8 Å². The Balaban J connectivity index is 1.91. The smallest absolute Gasteiger partial charge is 0.282 e. The Labute approximate surface area is 115 Å². The molecule has 1 aliphatic rings. The molecule has 1 aromatic rings. The van der Waals surface area contributed by atoms with E-state index in [1.165, 1.54) is 0 Å². The van der Waals surface area contributed by atoms with Crippen LogP contribution in [0.15, 0.2) is 33.7 Å². The Morgan fingerprint density at radius 1 is 1.50 bits per heavy atom. The molecular weight excluding hydrogens is 296 g/mol. The van der Waals surface area contributed by atoms with Crippen molar-refractivity contribution < 1.29 is 9.47 Å². The molecule has 2 atom stereocenters. The number of aliphatic imine (C=N–C) groups is 1. The molecule has 0 aliphatic carbocycles. The minimum absolute atomic E-state index is 0.116. The highest BCUT2D eigenvalue weighted by Gasteiger charge is 2.21. The zero-order valence-corrected chi connectivity index (χ0v) is 11.9. The van der Waals surface area contributed by atoms with Crippen LogP contribution >= 0.6 is 15.9 Å². The van der Waals surface area contributed by atoms with E-state index in [1.54, 1.807) is 0 Å². The van der Waals surface area contributed by atoms with Crippen LogP contribution in [0.2, 0.25) is 0 Å².